The van der Waals surface area contributed by atoms with E-state index in [2.05, 4.69) is 11.4 Å². The number of aliphatic hydroxyl groups is 1. The lowest BCUT2D eigenvalue weighted by Gasteiger charge is -2.25. The molecule has 2 N–H and O–H groups in total. The van der Waals surface area contributed by atoms with Crippen molar-refractivity contribution < 1.29 is 14.6 Å². The molecule has 2 aliphatic rings. The minimum Gasteiger partial charge on any atom is -0.393 e. The van der Waals surface area contributed by atoms with Crippen LogP contribution in [0.2, 0.25) is 0 Å². The largest absolute Gasteiger partial charge is 0.393 e. The minimum atomic E-state index is -0.426. The number of halogens is 1. The van der Waals surface area contributed by atoms with Gasteiger partial charge in [-0.1, -0.05) is 31.4 Å². The number of amides is 1. The van der Waals surface area contributed by atoms with Crippen LogP contribution in [-0.2, 0) is 9.53 Å². The lowest BCUT2D eigenvalue weighted by molar-refractivity contribution is -0.126. The van der Waals surface area contributed by atoms with Crippen molar-refractivity contribution in [3.8, 4) is 0 Å². The summed E-state index contributed by atoms with van der Waals surface area (Å²) in [5.41, 5.74) is 0. The zero-order valence-electron chi connectivity index (χ0n) is 14.8. The summed E-state index contributed by atoms with van der Waals surface area (Å²) in [5.74, 6) is 0.558. The number of alkyl halides is 1. The Kier molecular flexibility index (Phi) is 8.57. The highest BCUT2D eigenvalue weighted by Gasteiger charge is 2.41. The maximum atomic E-state index is 12.3. The fourth-order valence-corrected chi connectivity index (χ4v) is 4.45. The number of aliphatic hydroxyl groups excluding tert-OH is 1. The van der Waals surface area contributed by atoms with Crippen LogP contribution in [0.15, 0.2) is 12.2 Å². The Balaban J connectivity index is 1.81. The molecule has 0 spiro atoms. The fraction of sp³-hybridized carbons (Fsp3) is 0.842. The van der Waals surface area contributed by atoms with Crippen LogP contribution in [0.3, 0.4) is 0 Å². The molecule has 0 radical (unpaired) electrons. The Morgan fingerprint density at radius 2 is 2.00 bits per heavy atom. The number of hydrogen-bond donors (Lipinski definition) is 2. The van der Waals surface area contributed by atoms with Crippen molar-refractivity contribution in [2.24, 2.45) is 17.8 Å². The first-order valence-electron chi connectivity index (χ1n) is 9.46. The van der Waals surface area contributed by atoms with E-state index >= 15 is 0 Å². The number of hydrogen-bond acceptors (Lipinski definition) is 3. The zero-order chi connectivity index (χ0) is 17.4. The molecule has 2 aliphatic carbocycles. The number of carbonyl (C=O) groups excluding carboxylic acids is 1. The first kappa shape index (κ1) is 19.7. The number of ether oxygens (including phenoxy) is 1. The first-order valence-corrected chi connectivity index (χ1v) is 9.89. The van der Waals surface area contributed by atoms with E-state index in [9.17, 15) is 9.90 Å². The number of carbonyl (C=O) groups is 1. The summed E-state index contributed by atoms with van der Waals surface area (Å²) in [5, 5.41) is 13.4. The second kappa shape index (κ2) is 10.4. The van der Waals surface area contributed by atoms with Crippen LogP contribution in [0.1, 0.15) is 51.9 Å². The van der Waals surface area contributed by atoms with Gasteiger partial charge in [-0.05, 0) is 38.5 Å². The Labute approximate surface area is 151 Å². The molecular weight excluding hydrogens is 326 g/mol. The maximum Gasteiger partial charge on any atom is 0.223 e. The average Bonchev–Trinajstić information content (AvgIpc) is 2.86. The predicted molar refractivity (Wildman–Crippen MR) is 97.1 cm³/mol. The summed E-state index contributed by atoms with van der Waals surface area (Å²) in [7, 11) is 0. The van der Waals surface area contributed by atoms with Gasteiger partial charge in [0.05, 0.1) is 12.7 Å². The van der Waals surface area contributed by atoms with Gasteiger partial charge in [-0.15, -0.1) is 11.6 Å². The highest BCUT2D eigenvalue weighted by atomic mass is 35.5. The van der Waals surface area contributed by atoms with Crippen LogP contribution < -0.4 is 5.32 Å². The van der Waals surface area contributed by atoms with Gasteiger partial charge >= 0.3 is 0 Å². The molecule has 0 unspecified atom stereocenters. The second-order valence-corrected chi connectivity index (χ2v) is 7.65. The van der Waals surface area contributed by atoms with Gasteiger partial charge < -0.3 is 15.2 Å². The van der Waals surface area contributed by atoms with Crippen LogP contribution in [-0.4, -0.2) is 42.3 Å². The minimum absolute atomic E-state index is 0.0340. The normalized spacial score (nSPS) is 31.6. The summed E-state index contributed by atoms with van der Waals surface area (Å²) >= 11 is 6.43. The quantitative estimate of drug-likeness (QED) is 0.398. The Morgan fingerprint density at radius 1 is 1.25 bits per heavy atom. The first-order chi connectivity index (χ1) is 11.6. The number of allylic oxidation sites excluding steroid dienone is 1. The lowest BCUT2D eigenvalue weighted by Crippen LogP contribution is -2.39. The van der Waals surface area contributed by atoms with E-state index in [1.807, 2.05) is 13.0 Å². The standard InChI is InChI=1S/C19H32ClNO3/c1-2-24-11-7-6-10-15-16(18(22)12-17(15)20)13-21-19(23)14-8-4-3-5-9-14/h6-7,14-18,22H,2-5,8-13H2,1H3,(H,21,23)/b7-6-/t15-,16-,17+,18-/m1/s1. The van der Waals surface area contributed by atoms with Gasteiger partial charge in [0.25, 0.3) is 0 Å². The van der Waals surface area contributed by atoms with Gasteiger partial charge in [-0.2, -0.15) is 0 Å². The molecule has 0 aromatic carbocycles. The smallest absolute Gasteiger partial charge is 0.223 e. The molecule has 0 aliphatic heterocycles. The van der Waals surface area contributed by atoms with Gasteiger partial charge in [0, 0.05) is 30.4 Å². The molecule has 138 valence electrons. The molecule has 2 fully saturated rings. The third kappa shape index (κ3) is 5.75. The topological polar surface area (TPSA) is 58.6 Å². The van der Waals surface area contributed by atoms with Crippen molar-refractivity contribution >= 4 is 17.5 Å². The molecule has 0 saturated heterocycles. The van der Waals surface area contributed by atoms with E-state index in [4.69, 9.17) is 16.3 Å². The summed E-state index contributed by atoms with van der Waals surface area (Å²) in [6, 6.07) is 0. The molecule has 1 amide bonds. The third-order valence-electron chi connectivity index (χ3n) is 5.46. The maximum absolute atomic E-state index is 12.3. The molecule has 4 nitrogen and oxygen atoms in total. The van der Waals surface area contributed by atoms with Crippen LogP contribution in [0.4, 0.5) is 0 Å². The molecule has 0 aromatic heterocycles. The van der Waals surface area contributed by atoms with Crippen molar-refractivity contribution in [1.82, 2.24) is 5.32 Å². The molecule has 24 heavy (non-hydrogen) atoms. The van der Waals surface area contributed by atoms with Crippen LogP contribution >= 0.6 is 11.6 Å². The lowest BCUT2D eigenvalue weighted by atomic mass is 9.88. The van der Waals surface area contributed by atoms with Crippen molar-refractivity contribution in [3.63, 3.8) is 0 Å². The van der Waals surface area contributed by atoms with E-state index in [0.717, 1.165) is 32.1 Å². The van der Waals surface area contributed by atoms with Gasteiger partial charge in [0.1, 0.15) is 0 Å². The highest BCUT2D eigenvalue weighted by Crippen LogP contribution is 2.38. The van der Waals surface area contributed by atoms with Crippen molar-refractivity contribution in [2.45, 2.75) is 63.4 Å². The molecule has 0 bridgehead atoms. The predicted octanol–water partition coefficient (Wildman–Crippen LogP) is 3.27. The van der Waals surface area contributed by atoms with Gasteiger partial charge in [0.2, 0.25) is 5.91 Å². The zero-order valence-corrected chi connectivity index (χ0v) is 15.5. The van der Waals surface area contributed by atoms with Crippen molar-refractivity contribution in [2.75, 3.05) is 19.8 Å². The number of rotatable bonds is 8. The highest BCUT2D eigenvalue weighted by molar-refractivity contribution is 6.21. The Hall–Kier alpha value is -0.580. The van der Waals surface area contributed by atoms with Crippen LogP contribution in [0.5, 0.6) is 0 Å². The SMILES string of the molecule is CCOC/C=C\C[C@@H]1[C@@H](CNC(=O)C2CCCCC2)[C@H](O)C[C@@H]1Cl. The van der Waals surface area contributed by atoms with Crippen molar-refractivity contribution in [1.29, 1.82) is 0 Å². The van der Waals surface area contributed by atoms with E-state index in [1.165, 1.54) is 6.42 Å². The molecular formula is C19H32ClNO3. The summed E-state index contributed by atoms with van der Waals surface area (Å²) in [4.78, 5) is 12.3. The molecule has 2 rings (SSSR count). The van der Waals surface area contributed by atoms with E-state index in [0.29, 0.717) is 26.2 Å². The van der Waals surface area contributed by atoms with Crippen molar-refractivity contribution in [3.05, 3.63) is 12.2 Å². The fourth-order valence-electron chi connectivity index (χ4n) is 3.98. The van der Waals surface area contributed by atoms with Gasteiger partial charge in [0.15, 0.2) is 0 Å². The molecule has 0 heterocycles. The molecule has 5 heteroatoms. The average molecular weight is 358 g/mol. The Bertz CT molecular complexity index is 409. The van der Waals surface area contributed by atoms with E-state index in [1.54, 1.807) is 0 Å². The van der Waals surface area contributed by atoms with Crippen LogP contribution in [0, 0.1) is 17.8 Å². The molecule has 0 aromatic rings. The Morgan fingerprint density at radius 3 is 2.71 bits per heavy atom. The number of nitrogens with one attached hydrogen (secondary N) is 1. The monoisotopic (exact) mass is 357 g/mol. The van der Waals surface area contributed by atoms with Crippen LogP contribution in [0.25, 0.3) is 0 Å². The summed E-state index contributed by atoms with van der Waals surface area (Å²) in [6.45, 7) is 3.83. The summed E-state index contributed by atoms with van der Waals surface area (Å²) in [6.07, 6.45) is 10.7. The van der Waals surface area contributed by atoms with E-state index < -0.39 is 6.10 Å². The second-order valence-electron chi connectivity index (χ2n) is 7.09. The molecule has 4 atom stereocenters. The third-order valence-corrected chi connectivity index (χ3v) is 5.96. The summed E-state index contributed by atoms with van der Waals surface area (Å²) < 4.78 is 5.29. The van der Waals surface area contributed by atoms with E-state index in [-0.39, 0.29) is 29.0 Å². The van der Waals surface area contributed by atoms with Gasteiger partial charge in [-0.25, -0.2) is 0 Å². The van der Waals surface area contributed by atoms with Gasteiger partial charge in [-0.3, -0.25) is 4.79 Å². The molecule has 2 saturated carbocycles.